The minimum absolute atomic E-state index is 0.122. The summed E-state index contributed by atoms with van der Waals surface area (Å²) in [7, 11) is 0. The van der Waals surface area contributed by atoms with Gasteiger partial charge in [-0.1, -0.05) is 37.6 Å². The molecule has 0 spiro atoms. The first kappa shape index (κ1) is 18.0. The van der Waals surface area contributed by atoms with E-state index in [4.69, 9.17) is 0 Å². The molecule has 26 heavy (non-hydrogen) atoms. The van der Waals surface area contributed by atoms with Crippen LogP contribution in [0.3, 0.4) is 0 Å². The number of amides is 1. The number of hydrogen-bond acceptors (Lipinski definition) is 5. The Morgan fingerprint density at radius 3 is 2.81 bits per heavy atom. The lowest BCUT2D eigenvalue weighted by Gasteiger charge is -2.30. The van der Waals surface area contributed by atoms with Gasteiger partial charge in [-0.25, -0.2) is 0 Å². The molecule has 2 saturated carbocycles. The molecule has 140 valence electrons. The summed E-state index contributed by atoms with van der Waals surface area (Å²) in [6, 6.07) is 4.93. The summed E-state index contributed by atoms with van der Waals surface area (Å²) in [6.07, 6.45) is 7.16. The van der Waals surface area contributed by atoms with Crippen molar-refractivity contribution in [2.24, 2.45) is 5.92 Å². The molecule has 2 aromatic heterocycles. The molecule has 2 fully saturated rings. The molecular weight excluding hydrogens is 364 g/mol. The minimum Gasteiger partial charge on any atom is -0.352 e. The third-order valence-electron chi connectivity index (χ3n) is 5.41. The van der Waals surface area contributed by atoms with Crippen LogP contribution < -0.4 is 5.32 Å². The molecule has 3 atom stereocenters. The highest BCUT2D eigenvalue weighted by Gasteiger charge is 2.32. The van der Waals surface area contributed by atoms with E-state index in [1.54, 1.807) is 11.3 Å². The number of thiophene rings is 1. The predicted octanol–water partition coefficient (Wildman–Crippen LogP) is 4.52. The standard InChI is InChI=1S/C19H26N4OS2/c1-12-6-3-4-7-15(12)20-18(24)13(2)26-19-22-21-17(16-8-5-11-25-16)23(19)14-9-10-14/h5,8,11-15H,3-4,6-7,9-10H2,1-2H3,(H,20,24)/t12-,13-,15-/m1/s1. The van der Waals surface area contributed by atoms with Gasteiger partial charge in [-0.3, -0.25) is 9.36 Å². The van der Waals surface area contributed by atoms with Gasteiger partial charge in [0.15, 0.2) is 11.0 Å². The van der Waals surface area contributed by atoms with E-state index in [1.807, 2.05) is 13.0 Å². The summed E-state index contributed by atoms with van der Waals surface area (Å²) in [5.41, 5.74) is 0. The fourth-order valence-corrected chi connectivity index (χ4v) is 5.27. The van der Waals surface area contributed by atoms with Crippen LogP contribution in [0.1, 0.15) is 58.4 Å². The van der Waals surface area contributed by atoms with E-state index in [0.29, 0.717) is 18.0 Å². The summed E-state index contributed by atoms with van der Waals surface area (Å²) in [4.78, 5) is 13.8. The normalized spacial score (nSPS) is 24.4. The number of nitrogens with zero attached hydrogens (tertiary/aromatic N) is 3. The lowest BCUT2D eigenvalue weighted by Crippen LogP contribution is -2.44. The molecule has 0 unspecified atom stereocenters. The average Bonchev–Trinajstić information content (AvgIpc) is 3.16. The molecule has 2 aliphatic rings. The van der Waals surface area contributed by atoms with Crippen molar-refractivity contribution in [2.75, 3.05) is 0 Å². The van der Waals surface area contributed by atoms with Crippen LogP contribution >= 0.6 is 23.1 Å². The fourth-order valence-electron chi connectivity index (χ4n) is 3.64. The van der Waals surface area contributed by atoms with E-state index in [2.05, 4.69) is 38.5 Å². The molecule has 1 amide bonds. The van der Waals surface area contributed by atoms with Crippen molar-refractivity contribution in [1.82, 2.24) is 20.1 Å². The van der Waals surface area contributed by atoms with Crippen LogP contribution in [0.2, 0.25) is 0 Å². The van der Waals surface area contributed by atoms with Crippen LogP contribution in [0.15, 0.2) is 22.7 Å². The first-order chi connectivity index (χ1) is 12.6. The van der Waals surface area contributed by atoms with Crippen molar-refractivity contribution in [3.63, 3.8) is 0 Å². The lowest BCUT2D eigenvalue weighted by atomic mass is 9.86. The SMILES string of the molecule is C[C@@H]1CCCC[C@H]1NC(=O)[C@@H](C)Sc1nnc(-c2cccs2)n1C1CC1. The zero-order valence-corrected chi connectivity index (χ0v) is 17.0. The van der Waals surface area contributed by atoms with Gasteiger partial charge < -0.3 is 5.32 Å². The van der Waals surface area contributed by atoms with Crippen LogP contribution in [0.25, 0.3) is 10.7 Å². The number of nitrogens with one attached hydrogen (secondary N) is 1. The van der Waals surface area contributed by atoms with Crippen molar-refractivity contribution < 1.29 is 4.79 Å². The largest absolute Gasteiger partial charge is 0.352 e. The first-order valence-corrected chi connectivity index (χ1v) is 11.3. The van der Waals surface area contributed by atoms with Gasteiger partial charge in [0.2, 0.25) is 5.91 Å². The second-order valence-electron chi connectivity index (χ2n) is 7.52. The molecule has 4 rings (SSSR count). The Morgan fingerprint density at radius 2 is 2.12 bits per heavy atom. The van der Waals surface area contributed by atoms with E-state index in [-0.39, 0.29) is 11.2 Å². The molecule has 5 nitrogen and oxygen atoms in total. The monoisotopic (exact) mass is 390 g/mol. The third kappa shape index (κ3) is 3.83. The van der Waals surface area contributed by atoms with Crippen molar-refractivity contribution in [2.45, 2.75) is 74.9 Å². The molecule has 2 heterocycles. The van der Waals surface area contributed by atoms with Crippen LogP contribution in [-0.2, 0) is 4.79 Å². The number of carbonyl (C=O) groups is 1. The number of hydrogen-bond donors (Lipinski definition) is 1. The molecule has 2 aromatic rings. The first-order valence-electron chi connectivity index (χ1n) is 9.59. The second kappa shape index (κ2) is 7.72. The van der Waals surface area contributed by atoms with E-state index in [9.17, 15) is 4.79 Å². The Kier molecular flexibility index (Phi) is 5.36. The summed E-state index contributed by atoms with van der Waals surface area (Å²) in [5.74, 6) is 1.64. The minimum atomic E-state index is -0.165. The maximum atomic E-state index is 12.7. The van der Waals surface area contributed by atoms with Crippen LogP contribution in [0.5, 0.6) is 0 Å². The zero-order valence-electron chi connectivity index (χ0n) is 15.4. The summed E-state index contributed by atoms with van der Waals surface area (Å²) >= 11 is 3.22. The molecule has 0 saturated heterocycles. The summed E-state index contributed by atoms with van der Waals surface area (Å²) < 4.78 is 2.24. The van der Waals surface area contributed by atoms with E-state index in [1.165, 1.54) is 43.9 Å². The van der Waals surface area contributed by atoms with Crippen molar-refractivity contribution >= 4 is 29.0 Å². The Balaban J connectivity index is 1.46. The molecule has 7 heteroatoms. The van der Waals surface area contributed by atoms with Crippen LogP contribution in [0.4, 0.5) is 0 Å². The molecule has 0 radical (unpaired) electrons. The van der Waals surface area contributed by atoms with Gasteiger partial charge >= 0.3 is 0 Å². The maximum absolute atomic E-state index is 12.7. The quantitative estimate of drug-likeness (QED) is 0.737. The molecule has 2 aliphatic carbocycles. The second-order valence-corrected chi connectivity index (χ2v) is 9.78. The third-order valence-corrected chi connectivity index (χ3v) is 7.33. The predicted molar refractivity (Wildman–Crippen MR) is 106 cm³/mol. The smallest absolute Gasteiger partial charge is 0.233 e. The fraction of sp³-hybridized carbons (Fsp3) is 0.632. The zero-order chi connectivity index (χ0) is 18.1. The lowest BCUT2D eigenvalue weighted by molar-refractivity contribution is -0.121. The molecule has 0 aromatic carbocycles. The Morgan fingerprint density at radius 1 is 1.31 bits per heavy atom. The Labute approximate surface area is 163 Å². The summed E-state index contributed by atoms with van der Waals surface area (Å²) in [6.45, 7) is 4.23. The van der Waals surface area contributed by atoms with Gasteiger partial charge in [-0.15, -0.1) is 21.5 Å². The van der Waals surface area contributed by atoms with E-state index < -0.39 is 0 Å². The van der Waals surface area contributed by atoms with E-state index >= 15 is 0 Å². The number of aromatic nitrogens is 3. The molecule has 1 N–H and O–H groups in total. The topological polar surface area (TPSA) is 59.8 Å². The van der Waals surface area contributed by atoms with Gasteiger partial charge in [0.1, 0.15) is 0 Å². The molecule has 0 aliphatic heterocycles. The highest BCUT2D eigenvalue weighted by atomic mass is 32.2. The number of thioether (sulfide) groups is 1. The van der Waals surface area contributed by atoms with E-state index in [0.717, 1.165) is 22.3 Å². The Hall–Kier alpha value is -1.34. The van der Waals surface area contributed by atoms with Crippen LogP contribution in [-0.4, -0.2) is 32.0 Å². The van der Waals surface area contributed by atoms with Crippen molar-refractivity contribution in [1.29, 1.82) is 0 Å². The van der Waals surface area contributed by atoms with Crippen molar-refractivity contribution in [3.05, 3.63) is 17.5 Å². The number of rotatable bonds is 6. The van der Waals surface area contributed by atoms with Gasteiger partial charge in [0.25, 0.3) is 0 Å². The van der Waals surface area contributed by atoms with Gasteiger partial charge in [-0.05, 0) is 50.0 Å². The van der Waals surface area contributed by atoms with Gasteiger partial charge in [0, 0.05) is 12.1 Å². The number of carbonyl (C=O) groups excluding carboxylic acids is 1. The Bertz CT molecular complexity index is 754. The van der Waals surface area contributed by atoms with Crippen LogP contribution in [0, 0.1) is 5.92 Å². The highest BCUT2D eigenvalue weighted by molar-refractivity contribution is 8.00. The maximum Gasteiger partial charge on any atom is 0.233 e. The van der Waals surface area contributed by atoms with Gasteiger partial charge in [0.05, 0.1) is 10.1 Å². The summed E-state index contributed by atoms with van der Waals surface area (Å²) in [5, 5.41) is 14.9. The molecular formula is C19H26N4OS2. The molecule has 0 bridgehead atoms. The highest BCUT2D eigenvalue weighted by Crippen LogP contribution is 2.42. The van der Waals surface area contributed by atoms with Crippen molar-refractivity contribution in [3.8, 4) is 10.7 Å². The van der Waals surface area contributed by atoms with Gasteiger partial charge in [-0.2, -0.15) is 0 Å². The average molecular weight is 391 g/mol.